The molecular formula is C38H54N2O4S. The molecule has 1 N–H and O–H groups in total. The third-order valence-corrected chi connectivity index (χ3v) is 16.5. The highest BCUT2D eigenvalue weighted by Crippen LogP contribution is 2.87. The van der Waals surface area contributed by atoms with Crippen LogP contribution in [0, 0.1) is 45.8 Å². The number of likely N-dealkylation sites (tertiary alicyclic amines) is 1. The molecule has 2 aliphatic heterocycles. The summed E-state index contributed by atoms with van der Waals surface area (Å²) in [6.45, 7) is 12.1. The van der Waals surface area contributed by atoms with E-state index in [1.807, 2.05) is 36.4 Å². The molecule has 2 spiro atoms. The van der Waals surface area contributed by atoms with E-state index in [0.717, 1.165) is 56.2 Å². The fraction of sp³-hybridized carbons (Fsp3) is 0.763. The molecule has 0 aromatic heterocycles. The van der Waals surface area contributed by atoms with Gasteiger partial charge in [-0.1, -0.05) is 63.6 Å². The van der Waals surface area contributed by atoms with E-state index in [1.165, 1.54) is 37.7 Å². The molecule has 4 saturated carbocycles. The molecule has 7 heteroatoms. The molecule has 1 aromatic carbocycles. The number of benzene rings is 1. The van der Waals surface area contributed by atoms with Gasteiger partial charge in [0.15, 0.2) is 5.78 Å². The number of nitrogens with one attached hydrogen (secondary N) is 1. The molecule has 8 rings (SSSR count). The van der Waals surface area contributed by atoms with Crippen molar-refractivity contribution in [1.82, 2.24) is 9.62 Å². The highest BCUT2D eigenvalue weighted by molar-refractivity contribution is 7.89. The second-order valence-corrected chi connectivity index (χ2v) is 18.9. The Morgan fingerprint density at radius 2 is 1.84 bits per heavy atom. The van der Waals surface area contributed by atoms with Gasteiger partial charge in [0.25, 0.3) is 0 Å². The van der Waals surface area contributed by atoms with E-state index >= 15 is 0 Å². The van der Waals surface area contributed by atoms with Crippen molar-refractivity contribution in [3.63, 3.8) is 0 Å². The molecule has 2 heterocycles. The van der Waals surface area contributed by atoms with Crippen LogP contribution in [0.2, 0.25) is 0 Å². The van der Waals surface area contributed by atoms with Crippen molar-refractivity contribution in [3.8, 4) is 0 Å². The second-order valence-electron chi connectivity index (χ2n) is 17.0. The van der Waals surface area contributed by atoms with Crippen molar-refractivity contribution in [1.29, 1.82) is 0 Å². The summed E-state index contributed by atoms with van der Waals surface area (Å²) in [5, 5.41) is 0. The number of ether oxygens (including phenoxy) is 1. The minimum atomic E-state index is -3.34. The Balaban J connectivity index is 0.982. The molecule has 0 bridgehead atoms. The number of hydrogen-bond donors (Lipinski definition) is 1. The predicted molar refractivity (Wildman–Crippen MR) is 177 cm³/mol. The Hall–Kier alpha value is -1.54. The number of allylic oxidation sites excluding steroid dienone is 2. The predicted octanol–water partition coefficient (Wildman–Crippen LogP) is 6.16. The van der Waals surface area contributed by atoms with Crippen molar-refractivity contribution in [2.75, 3.05) is 25.4 Å². The summed E-state index contributed by atoms with van der Waals surface area (Å²) < 4.78 is 36.2. The first-order valence-corrected chi connectivity index (χ1v) is 19.7. The number of rotatable bonds is 7. The summed E-state index contributed by atoms with van der Waals surface area (Å²) >= 11 is 0. The van der Waals surface area contributed by atoms with E-state index in [4.69, 9.17) is 4.74 Å². The van der Waals surface area contributed by atoms with Crippen LogP contribution >= 0.6 is 0 Å². The topological polar surface area (TPSA) is 75.7 Å². The Bertz CT molecular complexity index is 1490. The van der Waals surface area contributed by atoms with Gasteiger partial charge in [-0.05, 0) is 104 Å². The van der Waals surface area contributed by atoms with Crippen LogP contribution in [-0.2, 0) is 26.0 Å². The zero-order valence-electron chi connectivity index (χ0n) is 27.9. The average Bonchev–Trinajstić information content (AvgIpc) is 3.35. The molecule has 7 aliphatic rings. The average molecular weight is 635 g/mol. The zero-order chi connectivity index (χ0) is 31.4. The molecule has 11 atom stereocenters. The number of hydrogen-bond acceptors (Lipinski definition) is 5. The minimum absolute atomic E-state index is 0.0913. The molecule has 0 radical (unpaired) electrons. The number of sulfonamides is 1. The van der Waals surface area contributed by atoms with Gasteiger partial charge in [0, 0.05) is 43.4 Å². The van der Waals surface area contributed by atoms with Gasteiger partial charge in [-0.3, -0.25) is 9.69 Å². The van der Waals surface area contributed by atoms with Crippen LogP contribution in [0.1, 0.15) is 91.0 Å². The second kappa shape index (κ2) is 10.5. The van der Waals surface area contributed by atoms with E-state index in [2.05, 4.69) is 37.3 Å². The van der Waals surface area contributed by atoms with Gasteiger partial charge in [0.2, 0.25) is 10.0 Å². The minimum Gasteiger partial charge on any atom is -0.369 e. The Morgan fingerprint density at radius 1 is 1.04 bits per heavy atom. The van der Waals surface area contributed by atoms with Crippen molar-refractivity contribution < 1.29 is 17.9 Å². The van der Waals surface area contributed by atoms with Crippen LogP contribution < -0.4 is 4.72 Å². The lowest BCUT2D eigenvalue weighted by atomic mass is 9.56. The van der Waals surface area contributed by atoms with Gasteiger partial charge in [-0.25, -0.2) is 13.1 Å². The summed E-state index contributed by atoms with van der Waals surface area (Å²) in [5.74, 6) is 3.73. The summed E-state index contributed by atoms with van der Waals surface area (Å²) in [7, 11) is -3.34. The number of carbonyl (C=O) groups is 1. The first-order valence-electron chi connectivity index (χ1n) is 18.1. The molecule has 6 fully saturated rings. The van der Waals surface area contributed by atoms with Crippen LogP contribution in [0.5, 0.6) is 0 Å². The lowest BCUT2D eigenvalue weighted by molar-refractivity contribution is -0.148. The van der Waals surface area contributed by atoms with Crippen molar-refractivity contribution >= 4 is 15.8 Å². The molecule has 45 heavy (non-hydrogen) atoms. The zero-order valence-corrected chi connectivity index (χ0v) is 28.7. The van der Waals surface area contributed by atoms with Gasteiger partial charge < -0.3 is 4.74 Å². The SMILES string of the molecule is C[C@H]1C[C@H]2OC3(CC[C@H]4[C@@H]5CCC6=CC(=O)CC[C@]6(C)[C@H]5CC45CC53C)[C@H](C)[C@@H]2N(CCNS(=O)(=O)CCc2ccccc2)C1. The van der Waals surface area contributed by atoms with E-state index < -0.39 is 10.0 Å². The van der Waals surface area contributed by atoms with Crippen LogP contribution in [-0.4, -0.2) is 62.2 Å². The molecule has 1 aromatic rings. The number of piperidine rings is 1. The molecule has 6 nitrogen and oxygen atoms in total. The quantitative estimate of drug-likeness (QED) is 0.389. The number of ketones is 1. The molecule has 5 aliphatic carbocycles. The van der Waals surface area contributed by atoms with Crippen LogP contribution in [0.4, 0.5) is 0 Å². The van der Waals surface area contributed by atoms with Gasteiger partial charge >= 0.3 is 0 Å². The number of fused-ring (bicyclic) bond motifs is 6. The third-order valence-electron chi connectivity index (χ3n) is 15.1. The first-order chi connectivity index (χ1) is 21.4. The van der Waals surface area contributed by atoms with E-state index in [9.17, 15) is 13.2 Å². The Labute approximate surface area is 271 Å². The molecule has 2 saturated heterocycles. The van der Waals surface area contributed by atoms with Crippen molar-refractivity contribution in [2.45, 2.75) is 110 Å². The van der Waals surface area contributed by atoms with E-state index in [-0.39, 0.29) is 28.3 Å². The summed E-state index contributed by atoms with van der Waals surface area (Å²) in [6.07, 6.45) is 13.1. The van der Waals surface area contributed by atoms with E-state index in [0.29, 0.717) is 48.0 Å². The number of nitrogens with zero attached hydrogens (tertiary/aromatic N) is 1. The summed E-state index contributed by atoms with van der Waals surface area (Å²) in [6, 6.07) is 10.2. The fourth-order valence-corrected chi connectivity index (χ4v) is 14.0. The summed E-state index contributed by atoms with van der Waals surface area (Å²) in [5.41, 5.74) is 3.22. The van der Waals surface area contributed by atoms with Crippen LogP contribution in [0.15, 0.2) is 42.0 Å². The van der Waals surface area contributed by atoms with Gasteiger partial charge in [-0.15, -0.1) is 0 Å². The van der Waals surface area contributed by atoms with Gasteiger partial charge in [0.05, 0.1) is 17.5 Å². The van der Waals surface area contributed by atoms with E-state index in [1.54, 1.807) is 0 Å². The standard InChI is InChI=1S/C38H54N2O4S/c1-25-20-33-34(40(23-25)18-17-39-45(42,43)19-14-27-8-6-5-7-9-27)26(2)38(44-33)16-13-31-30-11-10-28-21-29(41)12-15-35(28,3)32(30)22-37(31)24-36(37,38)4/h5-9,21,25-26,30-34,39H,10-20,22-24H2,1-4H3/t25-,26+,30-,31-,32-,33+,34-,35-,36?,37?,38?/m0/s1. The largest absolute Gasteiger partial charge is 0.369 e. The van der Waals surface area contributed by atoms with Gasteiger partial charge in [-0.2, -0.15) is 0 Å². The fourth-order valence-electron chi connectivity index (χ4n) is 12.9. The van der Waals surface area contributed by atoms with Crippen LogP contribution in [0.3, 0.4) is 0 Å². The molecule has 0 amide bonds. The lowest BCUT2D eigenvalue weighted by Crippen LogP contribution is -2.55. The molecule has 246 valence electrons. The normalized spacial score (nSPS) is 47.0. The maximum absolute atomic E-state index is 12.9. The number of carbonyl (C=O) groups excluding carboxylic acids is 1. The molecular weight excluding hydrogens is 580 g/mol. The number of aryl methyl sites for hydroxylation is 1. The Kier molecular flexibility index (Phi) is 7.17. The monoisotopic (exact) mass is 634 g/mol. The van der Waals surface area contributed by atoms with Crippen molar-refractivity contribution in [2.24, 2.45) is 45.8 Å². The summed E-state index contributed by atoms with van der Waals surface area (Å²) in [4.78, 5) is 15.0. The first kappa shape index (κ1) is 30.8. The maximum atomic E-state index is 12.9. The smallest absolute Gasteiger partial charge is 0.211 e. The highest BCUT2D eigenvalue weighted by atomic mass is 32.2. The molecule has 3 unspecified atom stereocenters. The lowest BCUT2D eigenvalue weighted by Gasteiger charge is -2.50. The third kappa shape index (κ3) is 4.49. The van der Waals surface area contributed by atoms with Gasteiger partial charge in [0.1, 0.15) is 0 Å². The Morgan fingerprint density at radius 3 is 2.64 bits per heavy atom. The van der Waals surface area contributed by atoms with Crippen molar-refractivity contribution in [3.05, 3.63) is 47.5 Å². The highest BCUT2D eigenvalue weighted by Gasteiger charge is 2.84. The van der Waals surface area contributed by atoms with Crippen LogP contribution in [0.25, 0.3) is 0 Å². The maximum Gasteiger partial charge on any atom is 0.211 e.